The third-order valence-corrected chi connectivity index (χ3v) is 5.14. The van der Waals surface area contributed by atoms with Crippen LogP contribution in [0.1, 0.15) is 53.4 Å². The number of likely N-dealkylation sites (tertiary alicyclic amines) is 2. The number of nitrogens with two attached hydrogens (primary N) is 1. The summed E-state index contributed by atoms with van der Waals surface area (Å²) in [5.41, 5.74) is 6.54. The Labute approximate surface area is 125 Å². The van der Waals surface area contributed by atoms with Crippen molar-refractivity contribution in [2.75, 3.05) is 32.7 Å². The number of piperidine rings is 1. The molecular formula is C17H35N3. The molecular weight excluding hydrogens is 246 g/mol. The lowest BCUT2D eigenvalue weighted by atomic mass is 9.80. The standard InChI is InChI=1S/C17H35N3/c1-14(18)16(17(2,3)4)20-11-7-15(8-12-20)13-19-9-5-6-10-19/h14-16H,5-13,18H2,1-4H3. The smallest absolute Gasteiger partial charge is 0.0292 e. The third-order valence-electron chi connectivity index (χ3n) is 5.14. The van der Waals surface area contributed by atoms with Crippen molar-refractivity contribution in [1.82, 2.24) is 9.80 Å². The second-order valence-electron chi connectivity index (χ2n) is 8.16. The fourth-order valence-corrected chi connectivity index (χ4v) is 4.41. The normalized spacial score (nSPS) is 26.9. The highest BCUT2D eigenvalue weighted by molar-refractivity contribution is 4.91. The van der Waals surface area contributed by atoms with Gasteiger partial charge < -0.3 is 10.6 Å². The van der Waals surface area contributed by atoms with E-state index in [-0.39, 0.29) is 11.5 Å². The van der Waals surface area contributed by atoms with Crippen molar-refractivity contribution in [3.8, 4) is 0 Å². The van der Waals surface area contributed by atoms with Crippen molar-refractivity contribution in [3.05, 3.63) is 0 Å². The molecule has 0 spiro atoms. The molecule has 0 aromatic carbocycles. The summed E-state index contributed by atoms with van der Waals surface area (Å²) < 4.78 is 0. The van der Waals surface area contributed by atoms with E-state index in [0.29, 0.717) is 6.04 Å². The second kappa shape index (κ2) is 6.76. The highest BCUT2D eigenvalue weighted by Gasteiger charge is 2.35. The van der Waals surface area contributed by atoms with Crippen LogP contribution in [0.4, 0.5) is 0 Å². The Morgan fingerprint density at radius 3 is 2.05 bits per heavy atom. The minimum atomic E-state index is 0.255. The van der Waals surface area contributed by atoms with Gasteiger partial charge in [-0.25, -0.2) is 0 Å². The predicted molar refractivity (Wildman–Crippen MR) is 86.9 cm³/mol. The van der Waals surface area contributed by atoms with Crippen LogP contribution in [0.25, 0.3) is 0 Å². The maximum absolute atomic E-state index is 6.27. The molecule has 3 heteroatoms. The average molecular weight is 281 g/mol. The zero-order chi connectivity index (χ0) is 14.8. The first kappa shape index (κ1) is 16.3. The monoisotopic (exact) mass is 281 g/mol. The quantitative estimate of drug-likeness (QED) is 0.859. The molecule has 2 rings (SSSR count). The summed E-state index contributed by atoms with van der Waals surface area (Å²) in [5, 5.41) is 0. The largest absolute Gasteiger partial charge is 0.327 e. The van der Waals surface area contributed by atoms with E-state index in [2.05, 4.69) is 37.5 Å². The van der Waals surface area contributed by atoms with Gasteiger partial charge in [-0.3, -0.25) is 4.90 Å². The van der Waals surface area contributed by atoms with Gasteiger partial charge in [-0.1, -0.05) is 20.8 Å². The Morgan fingerprint density at radius 1 is 1.05 bits per heavy atom. The van der Waals surface area contributed by atoms with Gasteiger partial charge in [0.15, 0.2) is 0 Å². The van der Waals surface area contributed by atoms with Crippen LogP contribution in [0.2, 0.25) is 0 Å². The van der Waals surface area contributed by atoms with Crippen LogP contribution in [0.15, 0.2) is 0 Å². The zero-order valence-corrected chi connectivity index (χ0v) is 14.1. The number of nitrogens with zero attached hydrogens (tertiary/aromatic N) is 2. The van der Waals surface area contributed by atoms with E-state index < -0.39 is 0 Å². The molecule has 20 heavy (non-hydrogen) atoms. The third kappa shape index (κ3) is 4.19. The lowest BCUT2D eigenvalue weighted by molar-refractivity contribution is 0.0450. The molecule has 118 valence electrons. The first-order chi connectivity index (χ1) is 9.38. The molecule has 3 nitrogen and oxygen atoms in total. The summed E-state index contributed by atoms with van der Waals surface area (Å²) >= 11 is 0. The van der Waals surface area contributed by atoms with E-state index >= 15 is 0 Å². The van der Waals surface area contributed by atoms with Crippen LogP contribution in [0, 0.1) is 11.3 Å². The van der Waals surface area contributed by atoms with Gasteiger partial charge >= 0.3 is 0 Å². The van der Waals surface area contributed by atoms with Crippen molar-refractivity contribution < 1.29 is 0 Å². The lowest BCUT2D eigenvalue weighted by Crippen LogP contribution is -2.56. The second-order valence-corrected chi connectivity index (χ2v) is 8.16. The SMILES string of the molecule is CC(N)C(N1CCC(CN2CCCC2)CC1)C(C)(C)C. The van der Waals surface area contributed by atoms with Crippen molar-refractivity contribution in [3.63, 3.8) is 0 Å². The fourth-order valence-electron chi connectivity index (χ4n) is 4.41. The summed E-state index contributed by atoms with van der Waals surface area (Å²) in [5.74, 6) is 0.915. The van der Waals surface area contributed by atoms with Crippen molar-refractivity contribution in [1.29, 1.82) is 0 Å². The van der Waals surface area contributed by atoms with E-state index in [9.17, 15) is 0 Å². The van der Waals surface area contributed by atoms with Gasteiger partial charge in [0.25, 0.3) is 0 Å². The number of hydrogen-bond acceptors (Lipinski definition) is 3. The summed E-state index contributed by atoms with van der Waals surface area (Å²) in [7, 11) is 0. The molecule has 0 saturated carbocycles. The highest BCUT2D eigenvalue weighted by atomic mass is 15.2. The summed E-state index contributed by atoms with van der Waals surface area (Å²) in [6, 6.07) is 0.764. The van der Waals surface area contributed by atoms with Gasteiger partial charge in [-0.2, -0.15) is 0 Å². The van der Waals surface area contributed by atoms with Crippen LogP contribution < -0.4 is 5.73 Å². The first-order valence-electron chi connectivity index (χ1n) is 8.60. The molecule has 0 aliphatic carbocycles. The molecule has 2 heterocycles. The van der Waals surface area contributed by atoms with E-state index in [1.165, 1.54) is 58.4 Å². The number of hydrogen-bond donors (Lipinski definition) is 1. The molecule has 2 fully saturated rings. The molecule has 0 aromatic rings. The predicted octanol–water partition coefficient (Wildman–Crippen LogP) is 2.56. The molecule has 2 unspecified atom stereocenters. The van der Waals surface area contributed by atoms with Gasteiger partial charge in [0, 0.05) is 18.6 Å². The molecule has 2 N–H and O–H groups in total. The Morgan fingerprint density at radius 2 is 1.60 bits per heavy atom. The van der Waals surface area contributed by atoms with Gasteiger partial charge in [-0.05, 0) is 70.1 Å². The zero-order valence-electron chi connectivity index (χ0n) is 14.1. The van der Waals surface area contributed by atoms with E-state index in [0.717, 1.165) is 5.92 Å². The molecule has 0 bridgehead atoms. The molecule has 0 amide bonds. The van der Waals surface area contributed by atoms with E-state index in [1.807, 2.05) is 0 Å². The minimum Gasteiger partial charge on any atom is -0.327 e. The molecule has 2 atom stereocenters. The molecule has 0 aromatic heterocycles. The van der Waals surface area contributed by atoms with Gasteiger partial charge in [0.1, 0.15) is 0 Å². The summed E-state index contributed by atoms with van der Waals surface area (Å²) in [4.78, 5) is 5.33. The van der Waals surface area contributed by atoms with Gasteiger partial charge in [0.05, 0.1) is 0 Å². The number of rotatable bonds is 4. The van der Waals surface area contributed by atoms with Crippen LogP contribution in [-0.2, 0) is 0 Å². The Hall–Kier alpha value is -0.120. The van der Waals surface area contributed by atoms with Crippen molar-refractivity contribution in [2.24, 2.45) is 17.1 Å². The molecule has 0 radical (unpaired) electrons. The average Bonchev–Trinajstić information content (AvgIpc) is 2.82. The van der Waals surface area contributed by atoms with Gasteiger partial charge in [-0.15, -0.1) is 0 Å². The van der Waals surface area contributed by atoms with Crippen LogP contribution in [0.5, 0.6) is 0 Å². The highest BCUT2D eigenvalue weighted by Crippen LogP contribution is 2.30. The molecule has 2 saturated heterocycles. The maximum atomic E-state index is 6.27. The van der Waals surface area contributed by atoms with Gasteiger partial charge in [0.2, 0.25) is 0 Å². The van der Waals surface area contributed by atoms with Crippen LogP contribution in [0.3, 0.4) is 0 Å². The van der Waals surface area contributed by atoms with E-state index in [1.54, 1.807) is 0 Å². The Bertz CT molecular complexity index is 281. The molecule has 2 aliphatic rings. The first-order valence-corrected chi connectivity index (χ1v) is 8.60. The lowest BCUT2D eigenvalue weighted by Gasteiger charge is -2.46. The topological polar surface area (TPSA) is 32.5 Å². The summed E-state index contributed by atoms with van der Waals surface area (Å²) in [6.07, 6.45) is 5.54. The molecule has 2 aliphatic heterocycles. The van der Waals surface area contributed by atoms with Crippen LogP contribution >= 0.6 is 0 Å². The van der Waals surface area contributed by atoms with E-state index in [4.69, 9.17) is 5.73 Å². The Balaban J connectivity index is 1.83. The minimum absolute atomic E-state index is 0.255. The van der Waals surface area contributed by atoms with Crippen LogP contribution in [-0.4, -0.2) is 54.6 Å². The summed E-state index contributed by atoms with van der Waals surface area (Å²) in [6.45, 7) is 15.7. The Kier molecular flexibility index (Phi) is 5.49. The van der Waals surface area contributed by atoms with Crippen molar-refractivity contribution >= 4 is 0 Å². The van der Waals surface area contributed by atoms with Crippen molar-refractivity contribution in [2.45, 2.75) is 65.5 Å². The maximum Gasteiger partial charge on any atom is 0.0292 e. The fraction of sp³-hybridized carbons (Fsp3) is 1.00.